The summed E-state index contributed by atoms with van der Waals surface area (Å²) >= 11 is 6.82. The van der Waals surface area contributed by atoms with Crippen molar-refractivity contribution in [1.29, 1.82) is 5.26 Å². The van der Waals surface area contributed by atoms with Gasteiger partial charge in [-0.2, -0.15) is 15.2 Å². The molecule has 0 radical (unpaired) electrons. The van der Waals surface area contributed by atoms with E-state index >= 15 is 0 Å². The molecule has 3 aliphatic heterocycles. The van der Waals surface area contributed by atoms with Crippen molar-refractivity contribution in [1.82, 2.24) is 19.8 Å². The molecular formula is C37H36ClFN6O3. The summed E-state index contributed by atoms with van der Waals surface area (Å²) in [5, 5.41) is 13.1. The number of carbonyl (C=O) groups is 1. The van der Waals surface area contributed by atoms with Crippen molar-refractivity contribution < 1.29 is 18.7 Å². The molecule has 0 unspecified atom stereocenters. The summed E-state index contributed by atoms with van der Waals surface area (Å²) in [4.78, 5) is 28.5. The number of anilines is 1. The monoisotopic (exact) mass is 666 g/mol. The second kappa shape index (κ2) is 12.2. The molecule has 0 bridgehead atoms. The number of nitriles is 1. The summed E-state index contributed by atoms with van der Waals surface area (Å²) in [6, 6.07) is 17.0. The third-order valence-electron chi connectivity index (χ3n) is 10.5. The van der Waals surface area contributed by atoms with Gasteiger partial charge in [-0.15, -0.1) is 0 Å². The first-order valence-electron chi connectivity index (χ1n) is 16.6. The van der Waals surface area contributed by atoms with Crippen LogP contribution in [0.2, 0.25) is 5.02 Å². The number of fused-ring (bicyclic) bond motifs is 5. The number of hydrogen-bond donors (Lipinski definition) is 0. The number of rotatable bonds is 7. The minimum absolute atomic E-state index is 0.0405. The minimum atomic E-state index is -1.03. The molecule has 3 fully saturated rings. The van der Waals surface area contributed by atoms with Gasteiger partial charge >= 0.3 is 6.01 Å². The largest absolute Gasteiger partial charge is 0.492 e. The summed E-state index contributed by atoms with van der Waals surface area (Å²) in [7, 11) is 2.16. The number of amides is 1. The van der Waals surface area contributed by atoms with E-state index in [2.05, 4.69) is 48.9 Å². The highest BCUT2D eigenvalue weighted by Crippen LogP contribution is 2.48. The van der Waals surface area contributed by atoms with E-state index < -0.39 is 17.8 Å². The normalized spacial score (nSPS) is 23.4. The number of aromatic nitrogens is 2. The van der Waals surface area contributed by atoms with Crippen molar-refractivity contribution in [3.8, 4) is 29.0 Å². The average molecular weight is 667 g/mol. The number of piperazine rings is 1. The molecule has 1 aliphatic carbocycles. The maximum absolute atomic E-state index is 14.0. The maximum atomic E-state index is 14.0. The molecule has 246 valence electrons. The average Bonchev–Trinajstić information content (AvgIpc) is 3.81. The Morgan fingerprint density at radius 3 is 2.75 bits per heavy atom. The van der Waals surface area contributed by atoms with Gasteiger partial charge in [0.05, 0.1) is 36.0 Å². The zero-order valence-corrected chi connectivity index (χ0v) is 27.5. The summed E-state index contributed by atoms with van der Waals surface area (Å²) in [6.07, 6.45) is 4.05. The van der Waals surface area contributed by atoms with Crippen molar-refractivity contribution in [3.05, 3.63) is 65.5 Å². The fourth-order valence-electron chi connectivity index (χ4n) is 8.03. The van der Waals surface area contributed by atoms with Gasteiger partial charge in [0.1, 0.15) is 18.2 Å². The predicted molar refractivity (Wildman–Crippen MR) is 183 cm³/mol. The lowest BCUT2D eigenvalue weighted by molar-refractivity contribution is -0.131. The lowest BCUT2D eigenvalue weighted by Gasteiger charge is -2.41. The van der Waals surface area contributed by atoms with Crippen LogP contribution in [0.15, 0.2) is 54.9 Å². The van der Waals surface area contributed by atoms with Crippen LogP contribution in [-0.4, -0.2) is 83.7 Å². The van der Waals surface area contributed by atoms with E-state index in [9.17, 15) is 14.4 Å². The second-order valence-electron chi connectivity index (χ2n) is 13.3. The van der Waals surface area contributed by atoms with Crippen LogP contribution < -0.4 is 14.4 Å². The quantitative estimate of drug-likeness (QED) is 0.212. The Morgan fingerprint density at radius 1 is 1.15 bits per heavy atom. The van der Waals surface area contributed by atoms with Crippen molar-refractivity contribution in [2.75, 3.05) is 44.8 Å². The van der Waals surface area contributed by atoms with E-state index in [4.69, 9.17) is 31.0 Å². The molecule has 11 heteroatoms. The molecule has 4 heterocycles. The van der Waals surface area contributed by atoms with Crippen molar-refractivity contribution in [2.45, 2.75) is 50.2 Å². The van der Waals surface area contributed by atoms with Crippen LogP contribution >= 0.6 is 11.6 Å². The highest BCUT2D eigenvalue weighted by molar-refractivity contribution is 6.36. The first-order valence-corrected chi connectivity index (χ1v) is 17.0. The first kappa shape index (κ1) is 30.8. The molecule has 48 heavy (non-hydrogen) atoms. The SMILES string of the molecule is C=C(F)C(=O)N1CCN(c2nc(OC[C@@H]3C[C@H]4C[C@H]4N3C)nc3cc(-c4cccc5cccc(Cl)c45)c4c(c23)OCCC4)C[C@@H]1CC#N. The third kappa shape index (κ3) is 5.30. The van der Waals surface area contributed by atoms with Crippen molar-refractivity contribution >= 4 is 45.0 Å². The van der Waals surface area contributed by atoms with Gasteiger partial charge in [-0.05, 0) is 67.3 Å². The summed E-state index contributed by atoms with van der Waals surface area (Å²) in [6.45, 7) is 5.09. The number of ether oxygens (including phenoxy) is 2. The number of benzene rings is 3. The molecule has 0 spiro atoms. The highest BCUT2D eigenvalue weighted by atomic mass is 35.5. The lowest BCUT2D eigenvalue weighted by atomic mass is 9.89. The number of piperidine rings is 1. The highest BCUT2D eigenvalue weighted by Gasteiger charge is 2.50. The molecule has 4 atom stereocenters. The van der Waals surface area contributed by atoms with Crippen LogP contribution in [0.25, 0.3) is 32.8 Å². The predicted octanol–water partition coefficient (Wildman–Crippen LogP) is 6.31. The van der Waals surface area contributed by atoms with Crippen LogP contribution in [0.3, 0.4) is 0 Å². The number of halogens is 2. The zero-order chi connectivity index (χ0) is 33.1. The molecule has 1 aromatic heterocycles. The molecule has 1 saturated carbocycles. The van der Waals surface area contributed by atoms with E-state index in [1.54, 1.807) is 0 Å². The molecule has 0 N–H and O–H groups in total. The van der Waals surface area contributed by atoms with Crippen LogP contribution in [0.1, 0.15) is 31.2 Å². The van der Waals surface area contributed by atoms with Gasteiger partial charge in [0.25, 0.3) is 5.91 Å². The van der Waals surface area contributed by atoms with Crippen molar-refractivity contribution in [3.63, 3.8) is 0 Å². The van der Waals surface area contributed by atoms with Crippen LogP contribution in [0.4, 0.5) is 10.2 Å². The number of carbonyl (C=O) groups excluding carboxylic acids is 1. The smallest absolute Gasteiger partial charge is 0.319 e. The van der Waals surface area contributed by atoms with E-state index in [1.807, 2.05) is 23.1 Å². The molecule has 4 aliphatic rings. The molecule has 3 aromatic carbocycles. The molecule has 8 rings (SSSR count). The Bertz CT molecular complexity index is 2010. The maximum Gasteiger partial charge on any atom is 0.319 e. The van der Waals surface area contributed by atoms with Gasteiger partial charge in [0, 0.05) is 47.7 Å². The molecule has 2 saturated heterocycles. The Balaban J connectivity index is 1.27. The fourth-order valence-corrected chi connectivity index (χ4v) is 8.31. The van der Waals surface area contributed by atoms with Crippen LogP contribution in [0, 0.1) is 17.2 Å². The molecule has 1 amide bonds. The summed E-state index contributed by atoms with van der Waals surface area (Å²) in [5.41, 5.74) is 3.73. The number of hydrogen-bond acceptors (Lipinski definition) is 8. The van der Waals surface area contributed by atoms with Crippen molar-refractivity contribution in [2.24, 2.45) is 5.92 Å². The lowest BCUT2D eigenvalue weighted by Crippen LogP contribution is -2.55. The number of likely N-dealkylation sites (tertiary alicyclic amines) is 1. The second-order valence-corrected chi connectivity index (χ2v) is 13.8. The Hall–Kier alpha value is -4.46. The van der Waals surface area contributed by atoms with Crippen LogP contribution in [-0.2, 0) is 11.2 Å². The third-order valence-corrected chi connectivity index (χ3v) is 10.8. The van der Waals surface area contributed by atoms with Gasteiger partial charge in [0.15, 0.2) is 5.83 Å². The standard InChI is InChI=1S/C37H36ClFN6O3/c1-21(39)36(46)45-14-13-44(19-24(45)11-12-40)35-33-30(41-37(42-35)48-20-25-16-23-17-31(23)43(25)2)18-28(27-9-5-15-47-34(27)33)26-8-3-6-22-7-4-10-29(38)32(22)26/h3-4,6-8,10,18,23-25,31H,1,5,9,11,13-17,19-20H2,2H3/t23-,24-,25-,31+/m0/s1. The Labute approximate surface area is 283 Å². The molecule has 4 aromatic rings. The number of likely N-dealkylation sites (N-methyl/N-ethyl adjacent to an activating group) is 1. The van der Waals surface area contributed by atoms with E-state index in [1.165, 1.54) is 11.3 Å². The Morgan fingerprint density at radius 2 is 1.98 bits per heavy atom. The van der Waals surface area contributed by atoms with Gasteiger partial charge < -0.3 is 19.3 Å². The van der Waals surface area contributed by atoms with Crippen LogP contribution in [0.5, 0.6) is 11.8 Å². The molecular weight excluding hydrogens is 631 g/mol. The van der Waals surface area contributed by atoms with E-state index in [0.29, 0.717) is 48.2 Å². The van der Waals surface area contributed by atoms with E-state index in [-0.39, 0.29) is 25.5 Å². The van der Waals surface area contributed by atoms with Gasteiger partial charge in [-0.25, -0.2) is 4.39 Å². The van der Waals surface area contributed by atoms with Gasteiger partial charge in [-0.3, -0.25) is 9.69 Å². The minimum Gasteiger partial charge on any atom is -0.492 e. The van der Waals surface area contributed by atoms with Gasteiger partial charge in [-0.1, -0.05) is 48.5 Å². The topological polar surface area (TPSA) is 94.8 Å². The fraction of sp³-hybridized carbons (Fsp3) is 0.405. The van der Waals surface area contributed by atoms with E-state index in [0.717, 1.165) is 63.8 Å². The Kier molecular flexibility index (Phi) is 7.85. The summed E-state index contributed by atoms with van der Waals surface area (Å²) < 4.78 is 26.8. The zero-order valence-electron chi connectivity index (χ0n) is 26.8. The molecule has 9 nitrogen and oxygen atoms in total. The number of nitrogens with zero attached hydrogens (tertiary/aromatic N) is 6. The first-order chi connectivity index (χ1) is 23.3. The van der Waals surface area contributed by atoms with Gasteiger partial charge in [0.2, 0.25) is 0 Å². The summed E-state index contributed by atoms with van der Waals surface area (Å²) in [5.74, 6) is 0.263.